The van der Waals surface area contributed by atoms with Crippen molar-refractivity contribution in [2.45, 2.75) is 63.8 Å². The van der Waals surface area contributed by atoms with Crippen molar-refractivity contribution in [3.8, 4) is 0 Å². The van der Waals surface area contributed by atoms with Gasteiger partial charge in [0, 0.05) is 33.2 Å². The molecule has 0 aliphatic carbocycles. The maximum Gasteiger partial charge on any atom is 0.245 e. The van der Waals surface area contributed by atoms with Crippen molar-refractivity contribution in [3.05, 3.63) is 0 Å². The third-order valence-electron chi connectivity index (χ3n) is 9.21. The highest BCUT2D eigenvalue weighted by atomic mass is 16.5. The van der Waals surface area contributed by atoms with Crippen LogP contribution in [-0.4, -0.2) is 109 Å². The molecule has 0 saturated carbocycles. The smallest absolute Gasteiger partial charge is 0.245 e. The maximum atomic E-state index is 14.1. The van der Waals surface area contributed by atoms with E-state index in [1.807, 2.05) is 27.7 Å². The zero-order chi connectivity index (χ0) is 25.5. The average Bonchev–Trinajstić information content (AvgIpc) is 3.36. The molecular formula is C25H42N4O6. The SMILES string of the molecule is CC[C@H](C)[C@H](CO)N1C(=O)[C@@H]2[C@@H](C(=O)NC)[C@]3(C)OC2(CC3C)C1C(=O)NCCN1CCOCC1. The third-order valence-corrected chi connectivity index (χ3v) is 9.21. The monoisotopic (exact) mass is 494 g/mol. The van der Waals surface area contributed by atoms with Gasteiger partial charge in [0.1, 0.15) is 11.6 Å². The molecule has 0 aromatic carbocycles. The summed E-state index contributed by atoms with van der Waals surface area (Å²) >= 11 is 0. The Morgan fingerprint density at radius 1 is 1.26 bits per heavy atom. The molecule has 8 atom stereocenters. The van der Waals surface area contributed by atoms with Gasteiger partial charge >= 0.3 is 0 Å². The first kappa shape index (κ1) is 26.3. The first-order valence-electron chi connectivity index (χ1n) is 13.1. The van der Waals surface area contributed by atoms with E-state index in [0.29, 0.717) is 32.7 Å². The number of carbonyl (C=O) groups excluding carboxylic acids is 3. The highest BCUT2D eigenvalue weighted by molar-refractivity contribution is 5.99. The second-order valence-corrected chi connectivity index (χ2v) is 10.9. The molecule has 10 heteroatoms. The molecule has 4 fully saturated rings. The highest BCUT2D eigenvalue weighted by Gasteiger charge is 2.80. The molecule has 3 amide bonds. The van der Waals surface area contributed by atoms with Gasteiger partial charge in [0.2, 0.25) is 17.7 Å². The minimum absolute atomic E-state index is 0.00590. The Kier molecular flexibility index (Phi) is 7.48. The van der Waals surface area contributed by atoms with E-state index in [1.54, 1.807) is 11.9 Å². The summed E-state index contributed by atoms with van der Waals surface area (Å²) in [6.07, 6.45) is 1.26. The van der Waals surface area contributed by atoms with Crippen LogP contribution < -0.4 is 10.6 Å². The number of hydrogen-bond acceptors (Lipinski definition) is 7. The van der Waals surface area contributed by atoms with Crippen molar-refractivity contribution in [2.75, 3.05) is 53.0 Å². The number of amides is 3. The standard InChI is InChI=1S/C25H42N4O6/c1-6-15(2)17(14-30)29-20(22(32)27-7-8-28-9-11-34-12-10-28)25-13-16(3)24(4,35-25)18(21(31)26-5)19(25)23(29)33/h15-20,30H,6-14H2,1-5H3,(H,26,31)(H,27,32)/t15-,16?,17-,18-,19-,20?,24+,25?/m0/s1. The minimum Gasteiger partial charge on any atom is -0.394 e. The lowest BCUT2D eigenvalue weighted by Crippen LogP contribution is -2.59. The van der Waals surface area contributed by atoms with Gasteiger partial charge in [0.05, 0.1) is 43.3 Å². The first-order chi connectivity index (χ1) is 16.7. The van der Waals surface area contributed by atoms with Crippen molar-refractivity contribution in [2.24, 2.45) is 23.7 Å². The summed E-state index contributed by atoms with van der Waals surface area (Å²) in [5.74, 6) is -2.24. The van der Waals surface area contributed by atoms with Crippen molar-refractivity contribution >= 4 is 17.7 Å². The number of morpholine rings is 1. The number of aliphatic hydroxyl groups excluding tert-OH is 1. The molecule has 2 bridgehead atoms. The fourth-order valence-electron chi connectivity index (χ4n) is 6.96. The lowest BCUT2D eigenvalue weighted by atomic mass is 9.62. The van der Waals surface area contributed by atoms with Gasteiger partial charge in [0.25, 0.3) is 0 Å². The van der Waals surface area contributed by atoms with Crippen LogP contribution in [0.1, 0.15) is 40.5 Å². The fourth-order valence-corrected chi connectivity index (χ4v) is 6.96. The van der Waals surface area contributed by atoms with Gasteiger partial charge in [-0.3, -0.25) is 19.3 Å². The van der Waals surface area contributed by atoms with Gasteiger partial charge in [0.15, 0.2) is 0 Å². The largest absolute Gasteiger partial charge is 0.394 e. The van der Waals surface area contributed by atoms with Crippen LogP contribution in [0.5, 0.6) is 0 Å². The van der Waals surface area contributed by atoms with Crippen LogP contribution in [-0.2, 0) is 23.9 Å². The van der Waals surface area contributed by atoms with Crippen LogP contribution in [0, 0.1) is 23.7 Å². The quantitative estimate of drug-likeness (QED) is 0.399. The van der Waals surface area contributed by atoms with Crippen molar-refractivity contribution in [3.63, 3.8) is 0 Å². The van der Waals surface area contributed by atoms with E-state index in [1.165, 1.54) is 0 Å². The zero-order valence-corrected chi connectivity index (χ0v) is 21.7. The molecule has 4 aliphatic rings. The van der Waals surface area contributed by atoms with Gasteiger partial charge in [-0.2, -0.15) is 0 Å². The summed E-state index contributed by atoms with van der Waals surface area (Å²) in [6.45, 7) is 11.8. The Morgan fingerprint density at radius 3 is 2.54 bits per heavy atom. The van der Waals surface area contributed by atoms with E-state index in [2.05, 4.69) is 15.5 Å². The molecule has 198 valence electrons. The van der Waals surface area contributed by atoms with Gasteiger partial charge in [-0.1, -0.05) is 27.2 Å². The maximum absolute atomic E-state index is 14.1. The number of likely N-dealkylation sites (tertiary alicyclic amines) is 1. The molecule has 3 unspecified atom stereocenters. The van der Waals surface area contributed by atoms with E-state index < -0.39 is 35.1 Å². The molecular weight excluding hydrogens is 452 g/mol. The van der Waals surface area contributed by atoms with E-state index in [9.17, 15) is 19.5 Å². The highest BCUT2D eigenvalue weighted by Crippen LogP contribution is 2.65. The van der Waals surface area contributed by atoms with Gasteiger partial charge in [-0.05, 0) is 25.2 Å². The molecule has 0 radical (unpaired) electrons. The Balaban J connectivity index is 1.67. The first-order valence-corrected chi connectivity index (χ1v) is 13.1. The van der Waals surface area contributed by atoms with Crippen molar-refractivity contribution in [1.82, 2.24) is 20.4 Å². The number of aliphatic hydroxyl groups is 1. The van der Waals surface area contributed by atoms with Gasteiger partial charge < -0.3 is 30.1 Å². The van der Waals surface area contributed by atoms with E-state index >= 15 is 0 Å². The number of ether oxygens (including phenoxy) is 2. The van der Waals surface area contributed by atoms with Crippen LogP contribution in [0.3, 0.4) is 0 Å². The molecule has 4 heterocycles. The molecule has 4 rings (SSSR count). The Bertz CT molecular complexity index is 835. The summed E-state index contributed by atoms with van der Waals surface area (Å²) in [5.41, 5.74) is -1.92. The molecule has 10 nitrogen and oxygen atoms in total. The average molecular weight is 495 g/mol. The van der Waals surface area contributed by atoms with E-state index in [-0.39, 0.29) is 36.2 Å². The lowest BCUT2D eigenvalue weighted by Gasteiger charge is -2.39. The number of carbonyl (C=O) groups is 3. The normalized spacial score (nSPS) is 38.3. The van der Waals surface area contributed by atoms with Gasteiger partial charge in [-0.25, -0.2) is 0 Å². The fraction of sp³-hybridized carbons (Fsp3) is 0.880. The molecule has 0 aromatic heterocycles. The lowest BCUT2D eigenvalue weighted by molar-refractivity contribution is -0.152. The van der Waals surface area contributed by atoms with Crippen LogP contribution in [0.2, 0.25) is 0 Å². The van der Waals surface area contributed by atoms with Crippen LogP contribution in [0.25, 0.3) is 0 Å². The molecule has 0 aromatic rings. The molecule has 35 heavy (non-hydrogen) atoms. The summed E-state index contributed by atoms with van der Waals surface area (Å²) in [4.78, 5) is 44.8. The zero-order valence-electron chi connectivity index (χ0n) is 21.7. The van der Waals surface area contributed by atoms with Crippen LogP contribution in [0.15, 0.2) is 0 Å². The number of nitrogens with one attached hydrogen (secondary N) is 2. The number of rotatable bonds is 9. The molecule has 4 saturated heterocycles. The second-order valence-electron chi connectivity index (χ2n) is 10.9. The predicted molar refractivity (Wildman–Crippen MR) is 128 cm³/mol. The summed E-state index contributed by atoms with van der Waals surface area (Å²) in [7, 11) is 1.57. The summed E-state index contributed by atoms with van der Waals surface area (Å²) < 4.78 is 12.1. The third kappa shape index (κ3) is 4.06. The molecule has 1 spiro atoms. The van der Waals surface area contributed by atoms with Crippen LogP contribution in [0.4, 0.5) is 0 Å². The summed E-state index contributed by atoms with van der Waals surface area (Å²) in [5, 5.41) is 16.1. The van der Waals surface area contributed by atoms with Crippen LogP contribution >= 0.6 is 0 Å². The Labute approximate surface area is 208 Å². The van der Waals surface area contributed by atoms with E-state index in [4.69, 9.17) is 9.47 Å². The molecule has 4 aliphatic heterocycles. The Hall–Kier alpha value is -1.75. The number of hydrogen-bond donors (Lipinski definition) is 3. The summed E-state index contributed by atoms with van der Waals surface area (Å²) in [6, 6.07) is -1.42. The topological polar surface area (TPSA) is 120 Å². The molecule has 3 N–H and O–H groups in total. The number of fused-ring (bicyclic) bond motifs is 1. The number of nitrogens with zero attached hydrogens (tertiary/aromatic N) is 2. The van der Waals surface area contributed by atoms with Crippen molar-refractivity contribution < 1.29 is 29.0 Å². The van der Waals surface area contributed by atoms with Crippen molar-refractivity contribution in [1.29, 1.82) is 0 Å². The van der Waals surface area contributed by atoms with E-state index in [0.717, 1.165) is 19.5 Å². The Morgan fingerprint density at radius 2 is 1.94 bits per heavy atom. The second kappa shape index (κ2) is 9.95. The van der Waals surface area contributed by atoms with Gasteiger partial charge in [-0.15, -0.1) is 0 Å². The predicted octanol–water partition coefficient (Wildman–Crippen LogP) is -0.401. The minimum atomic E-state index is -1.09.